The Kier molecular flexibility index (Phi) is 6.16. The van der Waals surface area contributed by atoms with Crippen molar-refractivity contribution in [3.63, 3.8) is 0 Å². The monoisotopic (exact) mass is 405 g/mol. The molecule has 0 aliphatic heterocycles. The molecule has 0 fully saturated rings. The Morgan fingerprint density at radius 2 is 1.79 bits per heavy atom. The molecule has 0 spiro atoms. The lowest BCUT2D eigenvalue weighted by Crippen LogP contribution is -2.29. The van der Waals surface area contributed by atoms with E-state index in [-0.39, 0.29) is 29.4 Å². The van der Waals surface area contributed by atoms with Crippen LogP contribution in [0.4, 0.5) is 14.5 Å². The van der Waals surface area contributed by atoms with Gasteiger partial charge in [-0.15, -0.1) is 0 Å². The lowest BCUT2D eigenvalue weighted by molar-refractivity contribution is -0.116. The van der Waals surface area contributed by atoms with Crippen LogP contribution in [0, 0.1) is 0 Å². The summed E-state index contributed by atoms with van der Waals surface area (Å²) in [7, 11) is 1.32. The van der Waals surface area contributed by atoms with E-state index in [1.54, 1.807) is 16.7 Å². The Labute approximate surface area is 165 Å². The predicted octanol–water partition coefficient (Wildman–Crippen LogP) is 3.46. The number of methoxy groups -OCH3 is 1. The molecule has 0 radical (unpaired) electrons. The molecule has 3 aromatic rings. The molecule has 0 aliphatic carbocycles. The molecule has 1 amide bonds. The minimum atomic E-state index is -3.03. The maximum Gasteiger partial charge on any atom is 0.387 e. The van der Waals surface area contributed by atoms with Gasteiger partial charge in [-0.3, -0.25) is 13.9 Å². The number of aromatic nitrogens is 2. The highest BCUT2D eigenvalue weighted by Crippen LogP contribution is 2.31. The van der Waals surface area contributed by atoms with Gasteiger partial charge in [0.2, 0.25) is 5.91 Å². The number of amides is 1. The average Bonchev–Trinajstić information content (AvgIpc) is 2.94. The summed E-state index contributed by atoms with van der Waals surface area (Å²) in [5.74, 6) is -0.557. The lowest BCUT2D eigenvalue weighted by atomic mass is 10.2. The number of alkyl halides is 2. The van der Waals surface area contributed by atoms with E-state index < -0.39 is 12.5 Å². The van der Waals surface area contributed by atoms with Crippen LogP contribution in [0.1, 0.15) is 13.3 Å². The fourth-order valence-electron chi connectivity index (χ4n) is 3.15. The van der Waals surface area contributed by atoms with Crippen LogP contribution in [0.25, 0.3) is 11.0 Å². The highest BCUT2D eigenvalue weighted by molar-refractivity contribution is 5.92. The maximum absolute atomic E-state index is 12.8. The summed E-state index contributed by atoms with van der Waals surface area (Å²) in [4.78, 5) is 25.3. The fourth-order valence-corrected chi connectivity index (χ4v) is 3.15. The number of para-hydroxylation sites is 2. The van der Waals surface area contributed by atoms with Gasteiger partial charge in [0.1, 0.15) is 6.54 Å². The maximum atomic E-state index is 12.8. The van der Waals surface area contributed by atoms with Crippen molar-refractivity contribution in [2.24, 2.45) is 0 Å². The third-order valence-corrected chi connectivity index (χ3v) is 4.34. The number of anilines is 1. The number of ether oxygens (including phenoxy) is 2. The number of hydrogen-bond donors (Lipinski definition) is 1. The van der Waals surface area contributed by atoms with E-state index in [1.807, 2.05) is 19.1 Å². The third kappa shape index (κ3) is 4.39. The normalized spacial score (nSPS) is 11.1. The molecule has 1 aromatic heterocycles. The van der Waals surface area contributed by atoms with E-state index in [1.165, 1.54) is 29.9 Å². The second-order valence-electron chi connectivity index (χ2n) is 6.30. The molecule has 7 nitrogen and oxygen atoms in total. The zero-order valence-electron chi connectivity index (χ0n) is 16.0. The van der Waals surface area contributed by atoms with Crippen molar-refractivity contribution in [1.82, 2.24) is 9.13 Å². The smallest absolute Gasteiger partial charge is 0.387 e. The van der Waals surface area contributed by atoms with Gasteiger partial charge in [-0.05, 0) is 30.7 Å². The van der Waals surface area contributed by atoms with Crippen molar-refractivity contribution in [1.29, 1.82) is 0 Å². The second kappa shape index (κ2) is 8.76. The summed E-state index contributed by atoms with van der Waals surface area (Å²) >= 11 is 0. The number of nitrogens with one attached hydrogen (secondary N) is 1. The Bertz CT molecular complexity index is 1080. The highest BCUT2D eigenvalue weighted by Gasteiger charge is 2.16. The molecule has 3 rings (SSSR count). The number of rotatable bonds is 8. The van der Waals surface area contributed by atoms with Gasteiger partial charge in [0, 0.05) is 18.3 Å². The molecule has 1 heterocycles. The molecule has 1 N–H and O–H groups in total. The van der Waals surface area contributed by atoms with Crippen molar-refractivity contribution < 1.29 is 23.0 Å². The third-order valence-electron chi connectivity index (χ3n) is 4.34. The first-order valence-corrected chi connectivity index (χ1v) is 9.05. The first-order valence-electron chi connectivity index (χ1n) is 9.05. The molecule has 9 heteroatoms. The second-order valence-corrected chi connectivity index (χ2v) is 6.30. The summed E-state index contributed by atoms with van der Waals surface area (Å²) in [6.45, 7) is -0.736. The zero-order valence-corrected chi connectivity index (χ0v) is 16.0. The van der Waals surface area contributed by atoms with Crippen molar-refractivity contribution in [3.05, 3.63) is 52.9 Å². The average molecular weight is 405 g/mol. The molecule has 29 heavy (non-hydrogen) atoms. The summed E-state index contributed by atoms with van der Waals surface area (Å²) in [6, 6.07) is 11.4. The molecule has 0 saturated carbocycles. The topological polar surface area (TPSA) is 74.5 Å². The van der Waals surface area contributed by atoms with Crippen LogP contribution in [-0.2, 0) is 17.9 Å². The Morgan fingerprint density at radius 1 is 1.10 bits per heavy atom. The summed E-state index contributed by atoms with van der Waals surface area (Å²) in [5, 5.41) is 2.60. The highest BCUT2D eigenvalue weighted by atomic mass is 19.3. The minimum Gasteiger partial charge on any atom is -0.493 e. The molecule has 0 unspecified atom stereocenters. The first kappa shape index (κ1) is 20.4. The summed E-state index contributed by atoms with van der Waals surface area (Å²) < 4.78 is 37.5. The largest absolute Gasteiger partial charge is 0.493 e. The number of halogens is 2. The van der Waals surface area contributed by atoms with Crippen LogP contribution in [0.5, 0.6) is 11.5 Å². The first-order chi connectivity index (χ1) is 13.9. The van der Waals surface area contributed by atoms with E-state index >= 15 is 0 Å². The molecule has 0 atom stereocenters. The number of benzene rings is 2. The van der Waals surface area contributed by atoms with E-state index in [0.29, 0.717) is 12.1 Å². The van der Waals surface area contributed by atoms with E-state index in [4.69, 9.17) is 4.74 Å². The van der Waals surface area contributed by atoms with Crippen LogP contribution in [-0.4, -0.2) is 28.8 Å². The van der Waals surface area contributed by atoms with Gasteiger partial charge in [-0.1, -0.05) is 19.1 Å². The molecule has 154 valence electrons. The minimum absolute atomic E-state index is 0.113. The van der Waals surface area contributed by atoms with Crippen molar-refractivity contribution in [3.8, 4) is 11.5 Å². The van der Waals surface area contributed by atoms with Crippen LogP contribution in [0.15, 0.2) is 47.3 Å². The number of carbonyl (C=O) groups excluding carboxylic acids is 1. The number of nitrogens with zero attached hydrogens (tertiary/aromatic N) is 2. The summed E-state index contributed by atoms with van der Waals surface area (Å²) in [6.07, 6.45) is 0.777. The van der Waals surface area contributed by atoms with Gasteiger partial charge in [-0.25, -0.2) is 4.79 Å². The molecule has 0 saturated heterocycles. The number of hydrogen-bond acceptors (Lipinski definition) is 4. The van der Waals surface area contributed by atoms with Crippen LogP contribution in [0.2, 0.25) is 0 Å². The Balaban J connectivity index is 1.85. The van der Waals surface area contributed by atoms with Crippen molar-refractivity contribution in [2.45, 2.75) is 33.0 Å². The van der Waals surface area contributed by atoms with Gasteiger partial charge in [0.05, 0.1) is 18.1 Å². The lowest BCUT2D eigenvalue weighted by Gasteiger charge is -2.12. The van der Waals surface area contributed by atoms with Gasteiger partial charge >= 0.3 is 12.3 Å². The molecule has 0 aliphatic rings. The molecule has 0 bridgehead atoms. The SMILES string of the molecule is CCCn1c(=O)n(CC(=O)Nc2ccc(OC)c(OC(F)F)c2)c2ccccc21. The molecular weight excluding hydrogens is 384 g/mol. The van der Waals surface area contributed by atoms with Gasteiger partial charge in [-0.2, -0.15) is 8.78 Å². The molecule has 2 aromatic carbocycles. The summed E-state index contributed by atoms with van der Waals surface area (Å²) in [5.41, 5.74) is 1.37. The van der Waals surface area contributed by atoms with E-state index in [9.17, 15) is 18.4 Å². The Hall–Kier alpha value is -3.36. The number of imidazole rings is 1. The zero-order chi connectivity index (χ0) is 21.0. The number of fused-ring (bicyclic) bond motifs is 1. The van der Waals surface area contributed by atoms with Gasteiger partial charge < -0.3 is 14.8 Å². The van der Waals surface area contributed by atoms with Crippen LogP contribution in [0.3, 0.4) is 0 Å². The fraction of sp³-hybridized carbons (Fsp3) is 0.300. The molecular formula is C20H21F2N3O4. The van der Waals surface area contributed by atoms with Crippen molar-refractivity contribution >= 4 is 22.6 Å². The van der Waals surface area contributed by atoms with Gasteiger partial charge in [0.15, 0.2) is 11.5 Å². The van der Waals surface area contributed by atoms with Gasteiger partial charge in [0.25, 0.3) is 0 Å². The standard InChI is InChI=1S/C20H21F2N3O4/c1-3-10-24-14-6-4-5-7-15(14)25(20(24)27)12-18(26)23-13-8-9-16(28-2)17(11-13)29-19(21)22/h4-9,11,19H,3,10,12H2,1-2H3,(H,23,26). The Morgan fingerprint density at radius 3 is 2.41 bits per heavy atom. The van der Waals surface area contributed by atoms with E-state index in [2.05, 4.69) is 10.1 Å². The quantitative estimate of drug-likeness (QED) is 0.623. The number of aryl methyl sites for hydroxylation is 1. The van der Waals surface area contributed by atoms with E-state index in [0.717, 1.165) is 11.9 Å². The van der Waals surface area contributed by atoms with Crippen LogP contribution < -0.4 is 20.5 Å². The predicted molar refractivity (Wildman–Crippen MR) is 105 cm³/mol. The van der Waals surface area contributed by atoms with Crippen molar-refractivity contribution in [2.75, 3.05) is 12.4 Å². The number of carbonyl (C=O) groups is 1. The van der Waals surface area contributed by atoms with Crippen LogP contribution >= 0.6 is 0 Å².